The van der Waals surface area contributed by atoms with E-state index in [1.807, 2.05) is 31.2 Å². The van der Waals surface area contributed by atoms with E-state index in [-0.39, 0.29) is 0 Å². The summed E-state index contributed by atoms with van der Waals surface area (Å²) in [5.74, 6) is 3.50. The third-order valence-corrected chi connectivity index (χ3v) is 5.80. The van der Waals surface area contributed by atoms with Gasteiger partial charge in [-0.25, -0.2) is 4.21 Å². The minimum atomic E-state index is -2.60. The van der Waals surface area contributed by atoms with Crippen molar-refractivity contribution in [3.05, 3.63) is 29.8 Å². The highest BCUT2D eigenvalue weighted by Gasteiger charge is 2.13. The third kappa shape index (κ3) is 1.56. The molecule has 0 saturated carbocycles. The van der Waals surface area contributed by atoms with Gasteiger partial charge in [0, 0.05) is 4.70 Å². The molecule has 14 heavy (non-hydrogen) atoms. The lowest BCUT2D eigenvalue weighted by molar-refractivity contribution is 0.690. The first-order valence-electron chi connectivity index (χ1n) is 4.05. The molecule has 74 valence electrons. The van der Waals surface area contributed by atoms with E-state index >= 15 is 0 Å². The van der Waals surface area contributed by atoms with Crippen LogP contribution in [0.3, 0.4) is 0 Å². The maximum atomic E-state index is 11.6. The van der Waals surface area contributed by atoms with Gasteiger partial charge in [-0.05, 0) is 40.5 Å². The van der Waals surface area contributed by atoms with Gasteiger partial charge in [0.15, 0.2) is 0 Å². The molecule has 0 bridgehead atoms. The lowest BCUT2D eigenvalue weighted by Crippen LogP contribution is -1.87. The van der Waals surface area contributed by atoms with Crippen molar-refractivity contribution >= 4 is 46.7 Å². The molecule has 0 aliphatic heterocycles. The maximum absolute atomic E-state index is 11.6. The zero-order chi connectivity index (χ0) is 10.3. The minimum absolute atomic E-state index is 0.695. The summed E-state index contributed by atoms with van der Waals surface area (Å²) >= 11 is 1.46. The van der Waals surface area contributed by atoms with Gasteiger partial charge in [-0.1, -0.05) is 18.2 Å². The van der Waals surface area contributed by atoms with Crippen LogP contribution in [0.1, 0.15) is 5.56 Å². The summed E-state index contributed by atoms with van der Waals surface area (Å²) < 4.78 is 13.4. The van der Waals surface area contributed by atoms with Crippen LogP contribution in [0, 0.1) is 6.92 Å². The molecule has 2 aromatic rings. The fourth-order valence-electron chi connectivity index (χ4n) is 1.44. The molecule has 1 aromatic carbocycles. The molecule has 2 rings (SSSR count). The predicted octanol–water partition coefficient (Wildman–Crippen LogP) is 3.44. The van der Waals surface area contributed by atoms with Crippen LogP contribution in [0.5, 0.6) is 0 Å². The normalized spacial score (nSPS) is 15.6. The molecule has 0 amide bonds. The number of aryl methyl sites for hydroxylation is 1. The van der Waals surface area contributed by atoms with Gasteiger partial charge in [0.2, 0.25) is 0 Å². The first kappa shape index (κ1) is 10.0. The van der Waals surface area contributed by atoms with E-state index in [1.165, 1.54) is 11.3 Å². The van der Waals surface area contributed by atoms with E-state index in [1.54, 1.807) is 0 Å². The summed E-state index contributed by atoms with van der Waals surface area (Å²) in [4.78, 5) is 0. The monoisotopic (exact) mass is 244 g/mol. The molecule has 1 unspecified atom stereocenters. The molecule has 0 aliphatic rings. The van der Waals surface area contributed by atoms with Crippen molar-refractivity contribution in [2.45, 2.75) is 11.1 Å². The van der Waals surface area contributed by atoms with Gasteiger partial charge < -0.3 is 0 Å². The Balaban J connectivity index is 2.89. The van der Waals surface area contributed by atoms with Crippen LogP contribution >= 0.6 is 22.0 Å². The smallest absolute Gasteiger partial charge is 0.101 e. The highest BCUT2D eigenvalue weighted by molar-refractivity contribution is 8.22. The first-order valence-corrected chi connectivity index (χ1v) is 7.42. The Hall–Kier alpha value is -0.510. The Morgan fingerprint density at radius 1 is 1.43 bits per heavy atom. The van der Waals surface area contributed by atoms with Crippen LogP contribution in [0.2, 0.25) is 0 Å². The Labute approximate surface area is 91.8 Å². The van der Waals surface area contributed by atoms with Gasteiger partial charge in [0.1, 0.15) is 4.21 Å². The average Bonchev–Trinajstić information content (AvgIpc) is 2.44. The molecule has 0 fully saturated rings. The molecular weight excluding hydrogens is 236 g/mol. The van der Waals surface area contributed by atoms with Gasteiger partial charge in [0.05, 0.1) is 8.74 Å². The Bertz CT molecular complexity index is 581. The van der Waals surface area contributed by atoms with Crippen molar-refractivity contribution in [1.29, 1.82) is 0 Å². The number of rotatable bonds is 1. The third-order valence-electron chi connectivity index (χ3n) is 2.08. The summed E-state index contributed by atoms with van der Waals surface area (Å²) in [6.07, 6.45) is 0. The lowest BCUT2D eigenvalue weighted by Gasteiger charge is -1.96. The fraction of sp³-hybridized carbons (Fsp3) is 0.100. The summed E-state index contributed by atoms with van der Waals surface area (Å²) in [5.41, 5.74) is 0.987. The molecule has 4 heteroatoms. The summed E-state index contributed by atoms with van der Waals surface area (Å²) in [5, 5.41) is 1.12. The molecule has 0 N–H and O–H groups in total. The minimum Gasteiger partial charge on any atom is -0.247 e. The standard InChI is InChI=1S/C10H9ClOS2/c1-7-8-5-3-4-6-9(8)13-10(7)14(2,11)12/h3-6H,2H2,1H3. The van der Waals surface area contributed by atoms with Crippen molar-refractivity contribution in [3.63, 3.8) is 0 Å². The molecule has 1 nitrogen and oxygen atoms in total. The van der Waals surface area contributed by atoms with E-state index in [0.29, 0.717) is 4.21 Å². The second-order valence-corrected chi connectivity index (χ2v) is 7.51. The fourth-order valence-corrected chi connectivity index (χ4v) is 4.35. The van der Waals surface area contributed by atoms with E-state index in [2.05, 4.69) is 5.87 Å². The second-order valence-electron chi connectivity index (χ2n) is 3.11. The molecule has 0 radical (unpaired) electrons. The lowest BCUT2D eigenvalue weighted by atomic mass is 10.2. The van der Waals surface area contributed by atoms with Crippen molar-refractivity contribution < 1.29 is 4.21 Å². The van der Waals surface area contributed by atoms with Crippen LogP contribution < -0.4 is 0 Å². The number of fused-ring (bicyclic) bond motifs is 1. The van der Waals surface area contributed by atoms with Crippen LogP contribution in [0.25, 0.3) is 10.1 Å². The van der Waals surface area contributed by atoms with Gasteiger partial charge in [-0.3, -0.25) is 0 Å². The Kier molecular flexibility index (Phi) is 2.33. The summed E-state index contributed by atoms with van der Waals surface area (Å²) in [7, 11) is 3.16. The number of hydrogen-bond donors (Lipinski definition) is 0. The van der Waals surface area contributed by atoms with E-state index in [4.69, 9.17) is 10.7 Å². The topological polar surface area (TPSA) is 17.1 Å². The number of benzene rings is 1. The highest BCUT2D eigenvalue weighted by Crippen LogP contribution is 2.35. The van der Waals surface area contributed by atoms with Gasteiger partial charge in [-0.2, -0.15) is 0 Å². The van der Waals surface area contributed by atoms with E-state index in [0.717, 1.165) is 15.6 Å². The Morgan fingerprint density at radius 2 is 2.07 bits per heavy atom. The summed E-state index contributed by atoms with van der Waals surface area (Å²) in [6, 6.07) is 7.93. The average molecular weight is 245 g/mol. The molecule has 0 aliphatic carbocycles. The van der Waals surface area contributed by atoms with Gasteiger partial charge in [0.25, 0.3) is 0 Å². The number of hydrogen-bond acceptors (Lipinski definition) is 2. The molecular formula is C10H9ClOS2. The van der Waals surface area contributed by atoms with E-state index < -0.39 is 8.74 Å². The van der Waals surface area contributed by atoms with Crippen LogP contribution in [-0.4, -0.2) is 10.1 Å². The van der Waals surface area contributed by atoms with Gasteiger partial charge in [-0.15, -0.1) is 11.3 Å². The van der Waals surface area contributed by atoms with E-state index in [9.17, 15) is 4.21 Å². The maximum Gasteiger partial charge on any atom is 0.101 e. The summed E-state index contributed by atoms with van der Waals surface area (Å²) in [6.45, 7) is 1.93. The Morgan fingerprint density at radius 3 is 2.64 bits per heavy atom. The van der Waals surface area contributed by atoms with Crippen molar-refractivity contribution in [2.75, 3.05) is 0 Å². The van der Waals surface area contributed by atoms with Crippen LogP contribution in [0.4, 0.5) is 0 Å². The molecule has 1 aromatic heterocycles. The zero-order valence-electron chi connectivity index (χ0n) is 7.62. The first-order chi connectivity index (χ1) is 6.50. The molecule has 1 atom stereocenters. The second kappa shape index (κ2) is 3.26. The predicted molar refractivity (Wildman–Crippen MR) is 65.9 cm³/mol. The molecule has 0 spiro atoms. The SMILES string of the molecule is C=S(=O)(Cl)c1sc2ccccc2c1C. The molecule has 1 heterocycles. The number of halogens is 1. The van der Waals surface area contributed by atoms with Crippen LogP contribution in [-0.2, 0) is 8.74 Å². The van der Waals surface area contributed by atoms with Crippen molar-refractivity contribution in [3.8, 4) is 0 Å². The number of thiophene rings is 1. The largest absolute Gasteiger partial charge is 0.247 e. The quantitative estimate of drug-likeness (QED) is 0.555. The zero-order valence-corrected chi connectivity index (χ0v) is 10.0. The highest BCUT2D eigenvalue weighted by atomic mass is 35.7. The molecule has 0 saturated heterocycles. The van der Waals surface area contributed by atoms with Crippen molar-refractivity contribution in [2.24, 2.45) is 0 Å². The van der Waals surface area contributed by atoms with Gasteiger partial charge >= 0.3 is 0 Å². The van der Waals surface area contributed by atoms with Crippen molar-refractivity contribution in [1.82, 2.24) is 0 Å². The van der Waals surface area contributed by atoms with Crippen LogP contribution in [0.15, 0.2) is 28.5 Å².